The van der Waals surface area contributed by atoms with Gasteiger partial charge in [-0.05, 0) is 19.1 Å². The Morgan fingerprint density at radius 2 is 2.00 bits per heavy atom. The number of hydrogen-bond acceptors (Lipinski definition) is 4. The number of likely N-dealkylation sites (N-methyl/N-ethyl adjacent to an activating group) is 1. The molecular formula is C15H23N3O3. The van der Waals surface area contributed by atoms with Gasteiger partial charge >= 0.3 is 0 Å². The highest BCUT2D eigenvalue weighted by atomic mass is 16.5. The third-order valence-corrected chi connectivity index (χ3v) is 3.16. The van der Waals surface area contributed by atoms with Crippen LogP contribution in [0, 0.1) is 5.92 Å². The first-order valence-corrected chi connectivity index (χ1v) is 6.80. The van der Waals surface area contributed by atoms with Crippen LogP contribution in [0.4, 0.5) is 5.69 Å². The number of carbonyl (C=O) groups excluding carboxylic acids is 2. The summed E-state index contributed by atoms with van der Waals surface area (Å²) in [6, 6.07) is 6.69. The van der Waals surface area contributed by atoms with E-state index in [1.54, 1.807) is 52.2 Å². The van der Waals surface area contributed by atoms with Crippen LogP contribution in [0.1, 0.15) is 13.8 Å². The van der Waals surface area contributed by atoms with E-state index in [4.69, 9.17) is 10.5 Å². The van der Waals surface area contributed by atoms with Gasteiger partial charge in [-0.15, -0.1) is 0 Å². The lowest BCUT2D eigenvalue weighted by molar-refractivity contribution is -0.130. The highest BCUT2D eigenvalue weighted by molar-refractivity contribution is 5.92. The molecule has 21 heavy (non-hydrogen) atoms. The lowest BCUT2D eigenvalue weighted by atomic mass is 10.0. The fourth-order valence-corrected chi connectivity index (χ4v) is 1.43. The molecule has 2 unspecified atom stereocenters. The number of nitrogens with two attached hydrogens (primary N) is 1. The Balaban J connectivity index is 2.64. The van der Waals surface area contributed by atoms with Gasteiger partial charge in [-0.2, -0.15) is 0 Å². The zero-order chi connectivity index (χ0) is 16.0. The average Bonchev–Trinajstić information content (AvgIpc) is 2.43. The van der Waals surface area contributed by atoms with Gasteiger partial charge in [-0.3, -0.25) is 9.59 Å². The van der Waals surface area contributed by atoms with Crippen LogP contribution >= 0.6 is 0 Å². The fourth-order valence-electron chi connectivity index (χ4n) is 1.43. The Morgan fingerprint density at radius 1 is 1.33 bits per heavy atom. The number of ether oxygens (including phenoxy) is 1. The summed E-state index contributed by atoms with van der Waals surface area (Å²) in [4.78, 5) is 24.8. The molecular weight excluding hydrogens is 270 g/mol. The Bertz CT molecular complexity index is 501. The van der Waals surface area contributed by atoms with Gasteiger partial charge in [0, 0.05) is 31.9 Å². The summed E-state index contributed by atoms with van der Waals surface area (Å²) < 4.78 is 5.39. The second kappa shape index (κ2) is 7.64. The van der Waals surface area contributed by atoms with Crippen molar-refractivity contribution in [2.45, 2.75) is 19.9 Å². The normalized spacial score (nSPS) is 13.2. The Labute approximate surface area is 125 Å². The predicted octanol–water partition coefficient (Wildman–Crippen LogP) is 1.08. The molecule has 0 saturated heterocycles. The van der Waals surface area contributed by atoms with Crippen LogP contribution in [0.25, 0.3) is 0 Å². The number of carbonyl (C=O) groups is 2. The molecule has 0 aromatic heterocycles. The largest absolute Gasteiger partial charge is 0.484 e. The Kier molecular flexibility index (Phi) is 6.17. The number of nitrogens with one attached hydrogen (secondary N) is 1. The second-order valence-electron chi connectivity index (χ2n) is 5.24. The molecule has 0 aliphatic heterocycles. The maximum Gasteiger partial charge on any atom is 0.259 e. The molecule has 0 fully saturated rings. The third kappa shape index (κ3) is 5.43. The Hall–Kier alpha value is -2.08. The first-order chi connectivity index (χ1) is 9.81. The third-order valence-electron chi connectivity index (χ3n) is 3.16. The SMILES string of the molecule is CC(N)C(C)C(=O)Nc1cccc(OCC(=O)N(C)C)c1. The molecule has 0 aliphatic rings. The van der Waals surface area contributed by atoms with Gasteiger partial charge in [0.15, 0.2) is 6.61 Å². The standard InChI is InChI=1S/C15H23N3O3/c1-10(11(2)16)15(20)17-12-6-5-7-13(8-12)21-9-14(19)18(3)4/h5-8,10-11H,9,16H2,1-4H3,(H,17,20). The second-order valence-corrected chi connectivity index (χ2v) is 5.24. The molecule has 2 atom stereocenters. The molecule has 3 N–H and O–H groups in total. The average molecular weight is 293 g/mol. The summed E-state index contributed by atoms with van der Waals surface area (Å²) in [6.45, 7) is 3.52. The highest BCUT2D eigenvalue weighted by Crippen LogP contribution is 2.18. The fraction of sp³-hybridized carbons (Fsp3) is 0.467. The van der Waals surface area contributed by atoms with E-state index in [1.165, 1.54) is 4.90 Å². The van der Waals surface area contributed by atoms with Crippen LogP contribution in [0.2, 0.25) is 0 Å². The summed E-state index contributed by atoms with van der Waals surface area (Å²) in [5.41, 5.74) is 6.32. The van der Waals surface area contributed by atoms with E-state index < -0.39 is 0 Å². The first kappa shape index (κ1) is 17.0. The van der Waals surface area contributed by atoms with Gasteiger partial charge in [0.2, 0.25) is 5.91 Å². The van der Waals surface area contributed by atoms with Crippen molar-refractivity contribution < 1.29 is 14.3 Å². The molecule has 6 heteroatoms. The topological polar surface area (TPSA) is 84.7 Å². The van der Waals surface area contributed by atoms with Crippen LogP contribution in [0.5, 0.6) is 5.75 Å². The van der Waals surface area contributed by atoms with E-state index in [-0.39, 0.29) is 30.4 Å². The summed E-state index contributed by atoms with van der Waals surface area (Å²) in [5.74, 6) is -0.0390. The first-order valence-electron chi connectivity index (χ1n) is 6.80. The molecule has 0 spiro atoms. The summed E-state index contributed by atoms with van der Waals surface area (Å²) in [5, 5.41) is 2.78. The van der Waals surface area contributed by atoms with Crippen molar-refractivity contribution in [3.05, 3.63) is 24.3 Å². The quantitative estimate of drug-likeness (QED) is 0.822. The van der Waals surface area contributed by atoms with Gasteiger partial charge in [0.25, 0.3) is 5.91 Å². The minimum Gasteiger partial charge on any atom is -0.484 e. The number of benzene rings is 1. The van der Waals surface area contributed by atoms with Crippen LogP contribution in [-0.2, 0) is 9.59 Å². The van der Waals surface area contributed by atoms with Gasteiger partial charge < -0.3 is 20.7 Å². The molecule has 6 nitrogen and oxygen atoms in total. The van der Waals surface area contributed by atoms with Crippen molar-refractivity contribution in [2.24, 2.45) is 11.7 Å². The van der Waals surface area contributed by atoms with E-state index in [1.807, 2.05) is 0 Å². The van der Waals surface area contributed by atoms with Crippen LogP contribution < -0.4 is 15.8 Å². The number of rotatable bonds is 6. The predicted molar refractivity (Wildman–Crippen MR) is 82.1 cm³/mol. The van der Waals surface area contributed by atoms with Gasteiger partial charge in [0.05, 0.1) is 5.92 Å². The molecule has 1 rings (SSSR count). The lowest BCUT2D eigenvalue weighted by Crippen LogP contribution is -2.34. The van der Waals surface area contributed by atoms with Crippen molar-refractivity contribution in [1.82, 2.24) is 4.90 Å². The van der Waals surface area contributed by atoms with E-state index in [0.717, 1.165) is 0 Å². The molecule has 2 amide bonds. The Morgan fingerprint density at radius 3 is 2.57 bits per heavy atom. The van der Waals surface area contributed by atoms with Crippen LogP contribution in [0.15, 0.2) is 24.3 Å². The zero-order valence-corrected chi connectivity index (χ0v) is 12.9. The number of amides is 2. The van der Waals surface area contributed by atoms with E-state index in [9.17, 15) is 9.59 Å². The van der Waals surface area contributed by atoms with Gasteiger partial charge in [-0.1, -0.05) is 13.0 Å². The molecule has 1 aromatic rings. The number of nitrogens with zero attached hydrogens (tertiary/aromatic N) is 1. The van der Waals surface area contributed by atoms with Crippen molar-refractivity contribution >= 4 is 17.5 Å². The minimum absolute atomic E-state index is 0.0410. The van der Waals surface area contributed by atoms with Crippen LogP contribution in [0.3, 0.4) is 0 Å². The van der Waals surface area contributed by atoms with Gasteiger partial charge in [-0.25, -0.2) is 0 Å². The lowest BCUT2D eigenvalue weighted by Gasteiger charge is -2.16. The van der Waals surface area contributed by atoms with Crippen molar-refractivity contribution in [1.29, 1.82) is 0 Å². The summed E-state index contributed by atoms with van der Waals surface area (Å²) in [7, 11) is 3.33. The minimum atomic E-state index is -0.287. The number of anilines is 1. The maximum absolute atomic E-state index is 11.9. The zero-order valence-electron chi connectivity index (χ0n) is 12.9. The van der Waals surface area contributed by atoms with E-state index in [2.05, 4.69) is 5.32 Å². The smallest absolute Gasteiger partial charge is 0.259 e. The van der Waals surface area contributed by atoms with Crippen molar-refractivity contribution in [2.75, 3.05) is 26.0 Å². The van der Waals surface area contributed by atoms with Crippen molar-refractivity contribution in [3.8, 4) is 5.75 Å². The van der Waals surface area contributed by atoms with Gasteiger partial charge in [0.1, 0.15) is 5.75 Å². The van der Waals surface area contributed by atoms with E-state index >= 15 is 0 Å². The maximum atomic E-state index is 11.9. The molecule has 1 aromatic carbocycles. The molecule has 0 radical (unpaired) electrons. The van der Waals surface area contributed by atoms with E-state index in [0.29, 0.717) is 11.4 Å². The molecule has 0 saturated carbocycles. The number of hydrogen-bond donors (Lipinski definition) is 2. The molecule has 0 aliphatic carbocycles. The summed E-state index contributed by atoms with van der Waals surface area (Å²) in [6.07, 6.45) is 0. The molecule has 116 valence electrons. The summed E-state index contributed by atoms with van der Waals surface area (Å²) >= 11 is 0. The van der Waals surface area contributed by atoms with Crippen LogP contribution in [-0.4, -0.2) is 43.5 Å². The van der Waals surface area contributed by atoms with Crippen molar-refractivity contribution in [3.63, 3.8) is 0 Å². The molecule has 0 bridgehead atoms. The molecule has 0 heterocycles. The highest BCUT2D eigenvalue weighted by Gasteiger charge is 2.17. The monoisotopic (exact) mass is 293 g/mol.